The fraction of sp³-hybridized carbons (Fsp3) is 0.250. The van der Waals surface area contributed by atoms with Crippen LogP contribution in [0.2, 0.25) is 5.02 Å². The van der Waals surface area contributed by atoms with Crippen molar-refractivity contribution >= 4 is 27.5 Å². The van der Waals surface area contributed by atoms with Gasteiger partial charge in [0.15, 0.2) is 0 Å². The second kappa shape index (κ2) is 5.21. The summed E-state index contributed by atoms with van der Waals surface area (Å²) in [5.41, 5.74) is 8.06. The van der Waals surface area contributed by atoms with E-state index < -0.39 is 0 Å². The van der Waals surface area contributed by atoms with Crippen LogP contribution < -0.4 is 5.73 Å². The number of halogens is 2. The normalized spacial score (nSPS) is 12.7. The average molecular weight is 315 g/mol. The maximum atomic E-state index is 6.21. The molecule has 5 heteroatoms. The first-order valence-electron chi connectivity index (χ1n) is 5.26. The molecule has 2 rings (SSSR count). The Bertz CT molecular complexity index is 524. The number of hydrogen-bond donors (Lipinski definition) is 1. The van der Waals surface area contributed by atoms with Gasteiger partial charge in [0.1, 0.15) is 0 Å². The van der Waals surface area contributed by atoms with Gasteiger partial charge in [0, 0.05) is 30.2 Å². The Balaban J connectivity index is 2.20. The molecule has 0 saturated carbocycles. The number of benzene rings is 1. The van der Waals surface area contributed by atoms with Crippen LogP contribution in [0.3, 0.4) is 0 Å². The van der Waals surface area contributed by atoms with Crippen molar-refractivity contribution in [3.8, 4) is 0 Å². The van der Waals surface area contributed by atoms with Crippen LogP contribution >= 0.6 is 27.5 Å². The Labute approximate surface area is 114 Å². The van der Waals surface area contributed by atoms with Crippen LogP contribution in [0.1, 0.15) is 17.3 Å². The van der Waals surface area contributed by atoms with E-state index in [1.54, 1.807) is 4.68 Å². The molecular formula is C12H13BrClN3. The molecule has 2 N–H and O–H groups in total. The SMILES string of the molecule is Cn1ccc(CC(N)c2cccc(Br)c2Cl)n1. The van der Waals surface area contributed by atoms with Gasteiger partial charge in [0.2, 0.25) is 0 Å². The third kappa shape index (κ3) is 2.89. The van der Waals surface area contributed by atoms with E-state index in [2.05, 4.69) is 21.0 Å². The summed E-state index contributed by atoms with van der Waals surface area (Å²) < 4.78 is 2.64. The summed E-state index contributed by atoms with van der Waals surface area (Å²) in [5, 5.41) is 4.99. The van der Waals surface area contributed by atoms with Crippen molar-refractivity contribution in [3.63, 3.8) is 0 Å². The summed E-state index contributed by atoms with van der Waals surface area (Å²) in [6.45, 7) is 0. The van der Waals surface area contributed by atoms with Gasteiger partial charge >= 0.3 is 0 Å². The molecule has 2 aromatic rings. The van der Waals surface area contributed by atoms with Crippen molar-refractivity contribution in [2.75, 3.05) is 0 Å². The van der Waals surface area contributed by atoms with E-state index in [-0.39, 0.29) is 6.04 Å². The highest BCUT2D eigenvalue weighted by molar-refractivity contribution is 9.10. The Morgan fingerprint density at radius 1 is 1.47 bits per heavy atom. The maximum absolute atomic E-state index is 6.21. The van der Waals surface area contributed by atoms with Crippen LogP contribution in [-0.4, -0.2) is 9.78 Å². The Morgan fingerprint density at radius 3 is 2.88 bits per heavy atom. The van der Waals surface area contributed by atoms with Crippen molar-refractivity contribution in [2.45, 2.75) is 12.5 Å². The minimum absolute atomic E-state index is 0.144. The molecule has 0 bridgehead atoms. The minimum atomic E-state index is -0.144. The van der Waals surface area contributed by atoms with Gasteiger partial charge < -0.3 is 5.73 Å². The van der Waals surface area contributed by atoms with Gasteiger partial charge in [-0.2, -0.15) is 5.10 Å². The van der Waals surface area contributed by atoms with Gasteiger partial charge in [0.05, 0.1) is 10.7 Å². The lowest BCUT2D eigenvalue weighted by molar-refractivity contribution is 0.675. The fourth-order valence-electron chi connectivity index (χ4n) is 1.71. The molecule has 1 aromatic heterocycles. The van der Waals surface area contributed by atoms with Gasteiger partial charge in [-0.25, -0.2) is 0 Å². The third-order valence-corrected chi connectivity index (χ3v) is 3.89. The predicted octanol–water partition coefficient (Wildman–Crippen LogP) is 3.08. The average Bonchev–Trinajstić information content (AvgIpc) is 2.68. The van der Waals surface area contributed by atoms with Crippen molar-refractivity contribution in [1.82, 2.24) is 9.78 Å². The first kappa shape index (κ1) is 12.6. The van der Waals surface area contributed by atoms with Crippen molar-refractivity contribution in [3.05, 3.63) is 51.2 Å². The number of aromatic nitrogens is 2. The van der Waals surface area contributed by atoms with Gasteiger partial charge in [-0.15, -0.1) is 0 Å². The Hall–Kier alpha value is -0.840. The standard InChI is InChI=1S/C12H13BrClN3/c1-17-6-5-8(16-17)7-11(15)9-3-2-4-10(13)12(9)14/h2-6,11H,7,15H2,1H3. The summed E-state index contributed by atoms with van der Waals surface area (Å²) >= 11 is 9.60. The summed E-state index contributed by atoms with van der Waals surface area (Å²) in [5.74, 6) is 0. The number of rotatable bonds is 3. The Kier molecular flexibility index (Phi) is 3.86. The second-order valence-electron chi connectivity index (χ2n) is 3.93. The van der Waals surface area contributed by atoms with Crippen LogP contribution in [0.4, 0.5) is 0 Å². The van der Waals surface area contributed by atoms with E-state index >= 15 is 0 Å². The van der Waals surface area contributed by atoms with E-state index in [4.69, 9.17) is 17.3 Å². The van der Waals surface area contributed by atoms with E-state index in [0.29, 0.717) is 11.4 Å². The van der Waals surface area contributed by atoms with E-state index in [9.17, 15) is 0 Å². The molecule has 0 amide bonds. The fourth-order valence-corrected chi connectivity index (χ4v) is 2.36. The lowest BCUT2D eigenvalue weighted by Crippen LogP contribution is -2.14. The smallest absolute Gasteiger partial charge is 0.0643 e. The number of nitrogens with zero attached hydrogens (tertiary/aromatic N) is 2. The zero-order chi connectivity index (χ0) is 12.4. The molecule has 1 aromatic carbocycles. The molecule has 3 nitrogen and oxygen atoms in total. The molecule has 0 aliphatic heterocycles. The summed E-state index contributed by atoms with van der Waals surface area (Å²) in [4.78, 5) is 0. The first-order chi connectivity index (χ1) is 8.08. The highest BCUT2D eigenvalue weighted by Crippen LogP contribution is 2.30. The van der Waals surface area contributed by atoms with Crippen molar-refractivity contribution < 1.29 is 0 Å². The van der Waals surface area contributed by atoms with Crippen LogP contribution in [0.25, 0.3) is 0 Å². The van der Waals surface area contributed by atoms with Crippen LogP contribution in [-0.2, 0) is 13.5 Å². The largest absolute Gasteiger partial charge is 0.324 e. The molecule has 17 heavy (non-hydrogen) atoms. The van der Waals surface area contributed by atoms with E-state index in [1.807, 2.05) is 37.5 Å². The number of nitrogens with two attached hydrogens (primary N) is 1. The first-order valence-corrected chi connectivity index (χ1v) is 6.43. The van der Waals surface area contributed by atoms with E-state index in [0.717, 1.165) is 15.7 Å². The van der Waals surface area contributed by atoms with Crippen LogP contribution in [0.5, 0.6) is 0 Å². The quantitative estimate of drug-likeness (QED) is 0.946. The lowest BCUT2D eigenvalue weighted by atomic mass is 10.0. The number of hydrogen-bond acceptors (Lipinski definition) is 2. The van der Waals surface area contributed by atoms with Crippen LogP contribution in [0.15, 0.2) is 34.9 Å². The molecule has 0 aliphatic rings. The monoisotopic (exact) mass is 313 g/mol. The topological polar surface area (TPSA) is 43.8 Å². The zero-order valence-corrected chi connectivity index (χ0v) is 11.7. The van der Waals surface area contributed by atoms with Gasteiger partial charge in [-0.05, 0) is 33.6 Å². The lowest BCUT2D eigenvalue weighted by Gasteiger charge is -2.13. The molecule has 1 atom stereocenters. The predicted molar refractivity (Wildman–Crippen MR) is 73.0 cm³/mol. The molecule has 0 saturated heterocycles. The molecule has 1 unspecified atom stereocenters. The van der Waals surface area contributed by atoms with Gasteiger partial charge in [0.25, 0.3) is 0 Å². The second-order valence-corrected chi connectivity index (χ2v) is 5.17. The molecule has 0 radical (unpaired) electrons. The summed E-state index contributed by atoms with van der Waals surface area (Å²) in [6.07, 6.45) is 2.58. The molecule has 0 aliphatic carbocycles. The molecule has 0 fully saturated rings. The summed E-state index contributed by atoms with van der Waals surface area (Å²) in [7, 11) is 1.89. The van der Waals surface area contributed by atoms with Crippen molar-refractivity contribution in [1.29, 1.82) is 0 Å². The number of aryl methyl sites for hydroxylation is 1. The zero-order valence-electron chi connectivity index (χ0n) is 9.40. The van der Waals surface area contributed by atoms with Crippen molar-refractivity contribution in [2.24, 2.45) is 12.8 Å². The van der Waals surface area contributed by atoms with Crippen LogP contribution in [0, 0.1) is 0 Å². The summed E-state index contributed by atoms with van der Waals surface area (Å²) in [6, 6.07) is 7.60. The van der Waals surface area contributed by atoms with Gasteiger partial charge in [-0.3, -0.25) is 4.68 Å². The third-order valence-electron chi connectivity index (χ3n) is 2.58. The highest BCUT2D eigenvalue weighted by Gasteiger charge is 2.13. The molecule has 1 heterocycles. The molecule has 0 spiro atoms. The minimum Gasteiger partial charge on any atom is -0.324 e. The highest BCUT2D eigenvalue weighted by atomic mass is 79.9. The maximum Gasteiger partial charge on any atom is 0.0643 e. The molecular weight excluding hydrogens is 302 g/mol. The Morgan fingerprint density at radius 2 is 2.24 bits per heavy atom. The van der Waals surface area contributed by atoms with E-state index in [1.165, 1.54) is 0 Å². The van der Waals surface area contributed by atoms with Gasteiger partial charge in [-0.1, -0.05) is 23.7 Å². The molecule has 90 valence electrons.